The lowest BCUT2D eigenvalue weighted by Gasteiger charge is -2.24. The van der Waals surface area contributed by atoms with Crippen molar-refractivity contribution in [2.75, 3.05) is 20.4 Å². The first-order valence-corrected chi connectivity index (χ1v) is 30.0. The molecule has 0 radical (unpaired) electrons. The van der Waals surface area contributed by atoms with Crippen LogP contribution in [0.1, 0.15) is 138 Å². The molecule has 6 rings (SSSR count). The summed E-state index contributed by atoms with van der Waals surface area (Å²) in [7, 11) is 1.40. The molecule has 16 heteroatoms. The number of methoxy groups -OCH3 is 1. The van der Waals surface area contributed by atoms with Crippen LogP contribution in [0.4, 0.5) is 0 Å². The maximum Gasteiger partial charge on any atom is 0.305 e. The van der Waals surface area contributed by atoms with Gasteiger partial charge in [-0.3, -0.25) is 9.59 Å². The number of hydrogen-bond acceptors (Lipinski definition) is 14. The van der Waals surface area contributed by atoms with Crippen LogP contribution in [0.2, 0.25) is 19.6 Å². The number of carbonyl (C=O) groups excluding carboxylic acids is 1. The molecule has 2 fully saturated rings. The molecule has 382 valence electrons. The van der Waals surface area contributed by atoms with Gasteiger partial charge in [0.2, 0.25) is 0 Å². The third-order valence-corrected chi connectivity index (χ3v) is 16.8. The number of hydrogen-bond donors (Lipinski definition) is 9. The van der Waals surface area contributed by atoms with Crippen molar-refractivity contribution < 1.29 is 55.2 Å². The number of nitrogens with one attached hydrogen (secondary N) is 1. The van der Waals surface area contributed by atoms with Gasteiger partial charge < -0.3 is 45.6 Å². The Balaban J connectivity index is 0.000000306. The third-order valence-electron chi connectivity index (χ3n) is 13.3. The van der Waals surface area contributed by atoms with Crippen LogP contribution in [0, 0.1) is 29.2 Å². The molecule has 0 aliphatic heterocycles. The molecule has 2 heterocycles. The van der Waals surface area contributed by atoms with Crippen LogP contribution in [0.25, 0.3) is 20.2 Å². The second-order valence-corrected chi connectivity index (χ2v) is 27.4. The highest BCUT2D eigenvalue weighted by Gasteiger charge is 2.42. The molecule has 2 aliphatic carbocycles. The zero-order chi connectivity index (χ0) is 50.2. The predicted molar refractivity (Wildman–Crippen MR) is 276 cm³/mol. The number of carbonyl (C=O) groups is 2. The first kappa shape index (κ1) is 59.1. The van der Waals surface area contributed by atoms with Crippen molar-refractivity contribution in [1.82, 2.24) is 0 Å². The lowest BCUT2D eigenvalue weighted by atomic mass is 9.84. The van der Waals surface area contributed by atoms with Gasteiger partial charge in [0.1, 0.15) is 0 Å². The molecule has 0 spiro atoms. The molecule has 2 aliphatic rings. The van der Waals surface area contributed by atoms with Crippen LogP contribution in [0.5, 0.6) is 0 Å². The summed E-state index contributed by atoms with van der Waals surface area (Å²) in [5.74, 6) is -0.750. The molecule has 4 aromatic rings. The number of nitrogens with zero attached hydrogens (tertiary/aromatic N) is 1. The smallest absolute Gasteiger partial charge is 0.305 e. The summed E-state index contributed by atoms with van der Waals surface area (Å²) in [6.45, 7) is 6.60. The van der Waals surface area contributed by atoms with Gasteiger partial charge in [-0.15, -0.1) is 22.7 Å². The van der Waals surface area contributed by atoms with E-state index in [1.165, 1.54) is 16.5 Å². The molecule has 0 bridgehead atoms. The summed E-state index contributed by atoms with van der Waals surface area (Å²) in [6.07, 6.45) is 10.7. The largest absolute Gasteiger partial charge is 0.481 e. The van der Waals surface area contributed by atoms with Crippen molar-refractivity contribution >= 4 is 62.9 Å². The second kappa shape index (κ2) is 31.2. The molecule has 10 atom stereocenters. The average molecular weight is 1000 g/mol. The summed E-state index contributed by atoms with van der Waals surface area (Å²) in [4.78, 5) is 23.6. The monoisotopic (exact) mass is 1000 g/mol. The Morgan fingerprint density at radius 1 is 0.647 bits per heavy atom. The van der Waals surface area contributed by atoms with Crippen LogP contribution in [0.15, 0.2) is 65.8 Å². The third kappa shape index (κ3) is 20.3. The van der Waals surface area contributed by atoms with Crippen LogP contribution in [0.3, 0.4) is 0 Å². The molecule has 2 aromatic carbocycles. The summed E-state index contributed by atoms with van der Waals surface area (Å²) in [6, 6.07) is 20.3. The molecule has 2 saturated carbocycles. The number of aliphatic carboxylic acids is 1. The van der Waals surface area contributed by atoms with E-state index in [2.05, 4.69) is 53.8 Å². The van der Waals surface area contributed by atoms with Gasteiger partial charge >= 0.3 is 11.9 Å². The van der Waals surface area contributed by atoms with Gasteiger partial charge in [0.05, 0.1) is 58.0 Å². The number of thiophene rings is 2. The molecular weight excluding hydrogens is 921 g/mol. The summed E-state index contributed by atoms with van der Waals surface area (Å²) in [5, 5.41) is 84.4. The van der Waals surface area contributed by atoms with E-state index in [1.807, 2.05) is 36.4 Å². The van der Waals surface area contributed by atoms with Gasteiger partial charge in [-0.2, -0.15) is 0 Å². The fourth-order valence-electron chi connectivity index (χ4n) is 9.63. The highest BCUT2D eigenvalue weighted by Crippen LogP contribution is 2.43. The number of unbranched alkanes of at least 4 members (excludes halogenated alkanes) is 6. The van der Waals surface area contributed by atoms with Crippen molar-refractivity contribution in [3.05, 3.63) is 70.4 Å². The number of ether oxygens (including phenoxy) is 1. The topological polar surface area (TPSA) is 241 Å². The number of esters is 1. The van der Waals surface area contributed by atoms with Gasteiger partial charge in [0.15, 0.2) is 0 Å². The maximum absolute atomic E-state index is 11.2. The van der Waals surface area contributed by atoms with Crippen molar-refractivity contribution in [3.8, 4) is 0 Å². The minimum atomic E-state index is -1.01. The summed E-state index contributed by atoms with van der Waals surface area (Å²) < 4.78 is 6.99. The number of aliphatic hydroxyl groups excluding tert-OH is 7. The molecule has 0 unspecified atom stereocenters. The average Bonchev–Trinajstić information content (AvgIpc) is 4.07. The summed E-state index contributed by atoms with van der Waals surface area (Å²) >= 11 is 3.23. The van der Waals surface area contributed by atoms with Gasteiger partial charge in [0.25, 0.3) is 0 Å². The Bertz CT molecular complexity index is 1980. The first-order valence-electron chi connectivity index (χ1n) is 24.6. The van der Waals surface area contributed by atoms with Gasteiger partial charge in [-0.1, -0.05) is 94.6 Å². The summed E-state index contributed by atoms with van der Waals surface area (Å²) in [5.41, 5.74) is 6.52. The fraction of sp³-hybridized carbons (Fsp3) is 0.654. The van der Waals surface area contributed by atoms with Crippen LogP contribution in [-0.2, 0) is 14.3 Å². The van der Waals surface area contributed by atoms with E-state index in [0.29, 0.717) is 51.4 Å². The Morgan fingerprint density at radius 2 is 1.03 bits per heavy atom. The lowest BCUT2D eigenvalue weighted by Crippen LogP contribution is -2.24. The molecule has 13 nitrogen and oxygen atoms in total. The van der Waals surface area contributed by atoms with E-state index in [1.54, 1.807) is 22.7 Å². The fourth-order valence-corrected chi connectivity index (χ4v) is 12.3. The molecule has 68 heavy (non-hydrogen) atoms. The van der Waals surface area contributed by atoms with E-state index >= 15 is 0 Å². The highest BCUT2D eigenvalue weighted by molar-refractivity contribution is 7.19. The predicted octanol–water partition coefficient (Wildman–Crippen LogP) is 10.6. The van der Waals surface area contributed by atoms with E-state index in [-0.39, 0.29) is 36.1 Å². The van der Waals surface area contributed by atoms with Crippen LogP contribution >= 0.6 is 22.7 Å². The van der Waals surface area contributed by atoms with Crippen molar-refractivity contribution in [2.24, 2.45) is 28.8 Å². The number of carboxylic acid groups (broad SMARTS) is 1. The van der Waals surface area contributed by atoms with Crippen LogP contribution < -0.4 is 0 Å². The minimum Gasteiger partial charge on any atom is -0.481 e. The van der Waals surface area contributed by atoms with Gasteiger partial charge in [0, 0.05) is 39.1 Å². The molecule has 0 saturated heterocycles. The number of rotatable bonds is 24. The SMILES string of the molecule is CO.COC(=O)CCCCCC[C@@H]1[C@@H](CC[C@@H](O)c2cc3ccccc3s2)[C@H](O)C[C@@H]1O.C[Si](C)(C)CN=N.O=C(O)CCCCCC[C@@H]1[C@@H](CC[C@@H](O)c2cc3ccccc3s2)[C@H](O)C[C@@H]1O. The standard InChI is InChI=1S/C24H34O5S.C23H32O5S.C4H12N2Si.CH4O/c1-29-24(28)11-5-3-2-4-9-17-18(21(27)15-20(17)26)12-13-19(25)23-14-16-8-6-7-10-22(16)30-23;24-18(22-13-15-7-5-6-9-21(15)29-22)12-11-17-16(19(25)14-20(17)26)8-3-1-2-4-10-23(27)28;1-7(2,3)4-6-5;1-2/h6-8,10,14,17-21,25-27H,2-5,9,11-13,15H2,1H3;5-7,9,13,16-20,24-26H,1-4,8,10-12,14H2,(H,27,28);5H,4H2,1-3H3;2H,1H3/t17-,18-,19-,20+,21-;16-,17-,18-,19+,20-;;/m11../s1. The van der Waals surface area contributed by atoms with Crippen molar-refractivity contribution in [1.29, 1.82) is 5.53 Å². The molecule has 9 N–H and O–H groups in total. The van der Waals surface area contributed by atoms with E-state index in [4.69, 9.17) is 15.7 Å². The van der Waals surface area contributed by atoms with Gasteiger partial charge in [-0.25, -0.2) is 10.6 Å². The Hall–Kier alpha value is -3.16. The van der Waals surface area contributed by atoms with E-state index in [9.17, 15) is 40.2 Å². The first-order chi connectivity index (χ1) is 32.5. The molecule has 0 amide bonds. The zero-order valence-electron chi connectivity index (χ0n) is 41.0. The van der Waals surface area contributed by atoms with Crippen molar-refractivity contribution in [3.63, 3.8) is 0 Å². The second-order valence-electron chi connectivity index (χ2n) is 19.7. The number of carboxylic acids is 1. The maximum atomic E-state index is 11.2. The number of aliphatic hydroxyl groups is 7. The normalized spacial score (nSPS) is 23.1. The Labute approximate surface area is 413 Å². The van der Waals surface area contributed by atoms with Crippen molar-refractivity contribution in [2.45, 2.75) is 172 Å². The number of fused-ring (bicyclic) bond motifs is 2. The van der Waals surface area contributed by atoms with Gasteiger partial charge in [-0.05, 0) is 123 Å². The van der Waals surface area contributed by atoms with E-state index in [0.717, 1.165) is 91.6 Å². The highest BCUT2D eigenvalue weighted by atomic mass is 32.1. The minimum absolute atomic E-state index is 0.00745. The molecular formula is C52H82N2O11S2Si. The number of benzene rings is 2. The quantitative estimate of drug-likeness (QED) is 0.0138. The van der Waals surface area contributed by atoms with E-state index < -0.39 is 50.7 Å². The molecule has 2 aromatic heterocycles. The zero-order valence-corrected chi connectivity index (χ0v) is 43.7. The Morgan fingerprint density at radius 3 is 1.38 bits per heavy atom. The Kier molecular flexibility index (Phi) is 27.2. The lowest BCUT2D eigenvalue weighted by molar-refractivity contribution is -0.141. The van der Waals surface area contributed by atoms with Crippen LogP contribution in [-0.4, -0.2) is 106 Å².